The van der Waals surface area contributed by atoms with Crippen molar-refractivity contribution >= 4 is 5.91 Å². The molecule has 1 aliphatic heterocycles. The van der Waals surface area contributed by atoms with Crippen LogP contribution >= 0.6 is 0 Å². The highest BCUT2D eigenvalue weighted by molar-refractivity contribution is 5.76. The summed E-state index contributed by atoms with van der Waals surface area (Å²) in [6.45, 7) is 5.18. The summed E-state index contributed by atoms with van der Waals surface area (Å²) >= 11 is 0. The highest BCUT2D eigenvalue weighted by atomic mass is 19.1. The van der Waals surface area contributed by atoms with Gasteiger partial charge in [-0.05, 0) is 56.6 Å². The maximum absolute atomic E-state index is 12.8. The second kappa shape index (κ2) is 8.73. The molecule has 5 heteroatoms. The second-order valence-corrected chi connectivity index (χ2v) is 5.62. The number of carbonyl (C=O) groups excluding carboxylic acids is 1. The Morgan fingerprint density at radius 2 is 2.00 bits per heavy atom. The Labute approximate surface area is 131 Å². The molecule has 1 aromatic carbocycles. The lowest BCUT2D eigenvalue weighted by Gasteiger charge is -2.34. The van der Waals surface area contributed by atoms with Crippen LogP contribution in [0.1, 0.15) is 32.6 Å². The van der Waals surface area contributed by atoms with E-state index >= 15 is 0 Å². The van der Waals surface area contributed by atoms with E-state index in [1.165, 1.54) is 12.1 Å². The quantitative estimate of drug-likeness (QED) is 0.842. The summed E-state index contributed by atoms with van der Waals surface area (Å²) in [6, 6.07) is 6.22. The lowest BCUT2D eigenvalue weighted by Crippen LogP contribution is -2.46. The molecule has 1 aliphatic rings. The van der Waals surface area contributed by atoms with Crippen LogP contribution in [0.4, 0.5) is 4.39 Å². The SMILES string of the molecule is CCCN(C(=O)CCOc1ccc(F)cc1)C1CCNCC1. The molecule has 0 atom stereocenters. The number of hydrogen-bond acceptors (Lipinski definition) is 3. The van der Waals surface area contributed by atoms with E-state index in [1.807, 2.05) is 4.90 Å². The highest BCUT2D eigenvalue weighted by Gasteiger charge is 2.24. The smallest absolute Gasteiger partial charge is 0.226 e. The number of nitrogens with one attached hydrogen (secondary N) is 1. The topological polar surface area (TPSA) is 41.6 Å². The van der Waals surface area contributed by atoms with Gasteiger partial charge in [0.15, 0.2) is 0 Å². The fraction of sp³-hybridized carbons (Fsp3) is 0.588. The van der Waals surface area contributed by atoms with Crippen LogP contribution in [0.15, 0.2) is 24.3 Å². The van der Waals surface area contributed by atoms with Gasteiger partial charge >= 0.3 is 0 Å². The van der Waals surface area contributed by atoms with Crippen molar-refractivity contribution in [2.75, 3.05) is 26.2 Å². The van der Waals surface area contributed by atoms with Gasteiger partial charge in [-0.1, -0.05) is 6.92 Å². The average Bonchev–Trinajstić information content (AvgIpc) is 2.55. The number of ether oxygens (including phenoxy) is 1. The van der Waals surface area contributed by atoms with Gasteiger partial charge in [0.1, 0.15) is 11.6 Å². The van der Waals surface area contributed by atoms with E-state index in [4.69, 9.17) is 4.74 Å². The Balaban J connectivity index is 1.81. The fourth-order valence-electron chi connectivity index (χ4n) is 2.80. The zero-order chi connectivity index (χ0) is 15.8. The Morgan fingerprint density at radius 3 is 2.64 bits per heavy atom. The van der Waals surface area contributed by atoms with Gasteiger partial charge in [0, 0.05) is 12.6 Å². The van der Waals surface area contributed by atoms with E-state index in [0.29, 0.717) is 24.8 Å². The molecular formula is C17H25FN2O2. The van der Waals surface area contributed by atoms with Gasteiger partial charge in [-0.2, -0.15) is 0 Å². The van der Waals surface area contributed by atoms with Crippen molar-refractivity contribution in [1.82, 2.24) is 10.2 Å². The molecule has 4 nitrogen and oxygen atoms in total. The summed E-state index contributed by atoms with van der Waals surface area (Å²) < 4.78 is 18.3. The number of piperidine rings is 1. The molecule has 0 saturated carbocycles. The van der Waals surface area contributed by atoms with E-state index in [-0.39, 0.29) is 11.7 Å². The van der Waals surface area contributed by atoms with Crippen molar-refractivity contribution < 1.29 is 13.9 Å². The molecule has 1 fully saturated rings. The molecule has 0 radical (unpaired) electrons. The molecule has 1 saturated heterocycles. The second-order valence-electron chi connectivity index (χ2n) is 5.62. The van der Waals surface area contributed by atoms with Crippen LogP contribution < -0.4 is 10.1 Å². The normalized spacial score (nSPS) is 15.5. The lowest BCUT2D eigenvalue weighted by atomic mass is 10.0. The molecular weight excluding hydrogens is 283 g/mol. The number of benzene rings is 1. The van der Waals surface area contributed by atoms with Crippen LogP contribution in [0.25, 0.3) is 0 Å². The first-order valence-electron chi connectivity index (χ1n) is 8.09. The Bertz CT molecular complexity index is 458. The molecule has 0 bridgehead atoms. The summed E-state index contributed by atoms with van der Waals surface area (Å²) in [4.78, 5) is 14.5. The molecule has 0 unspecified atom stereocenters. The van der Waals surface area contributed by atoms with E-state index in [2.05, 4.69) is 12.2 Å². The van der Waals surface area contributed by atoms with Gasteiger partial charge in [-0.15, -0.1) is 0 Å². The fourth-order valence-corrected chi connectivity index (χ4v) is 2.80. The number of hydrogen-bond donors (Lipinski definition) is 1. The van der Waals surface area contributed by atoms with Crippen LogP contribution in [0.2, 0.25) is 0 Å². The Hall–Kier alpha value is -1.62. The van der Waals surface area contributed by atoms with Crippen LogP contribution in [-0.2, 0) is 4.79 Å². The van der Waals surface area contributed by atoms with E-state index in [0.717, 1.165) is 38.9 Å². The molecule has 2 rings (SSSR count). The van der Waals surface area contributed by atoms with Crippen LogP contribution in [0.3, 0.4) is 0 Å². The number of nitrogens with zero attached hydrogens (tertiary/aromatic N) is 1. The molecule has 122 valence electrons. The number of rotatable bonds is 7. The van der Waals surface area contributed by atoms with Gasteiger partial charge in [0.05, 0.1) is 13.0 Å². The zero-order valence-electron chi connectivity index (χ0n) is 13.2. The molecule has 0 aromatic heterocycles. The van der Waals surface area contributed by atoms with Gasteiger partial charge in [0.25, 0.3) is 0 Å². The maximum atomic E-state index is 12.8. The first kappa shape index (κ1) is 16.7. The average molecular weight is 308 g/mol. The minimum atomic E-state index is -0.288. The summed E-state index contributed by atoms with van der Waals surface area (Å²) in [5.74, 6) is 0.456. The standard InChI is InChI=1S/C17H25FN2O2/c1-2-12-20(15-7-10-19-11-8-15)17(21)9-13-22-16-5-3-14(18)4-6-16/h3-6,15,19H,2,7-13H2,1H3. The molecule has 1 amide bonds. The van der Waals surface area contributed by atoms with E-state index < -0.39 is 0 Å². The molecule has 0 aliphatic carbocycles. The molecule has 0 spiro atoms. The number of amides is 1. The summed E-state index contributed by atoms with van der Waals surface area (Å²) in [7, 11) is 0. The first-order chi connectivity index (χ1) is 10.7. The van der Waals surface area contributed by atoms with E-state index in [1.54, 1.807) is 12.1 Å². The van der Waals surface area contributed by atoms with Gasteiger partial charge in [-0.25, -0.2) is 4.39 Å². The number of carbonyl (C=O) groups is 1. The summed E-state index contributed by atoms with van der Waals surface area (Å²) in [5.41, 5.74) is 0. The predicted octanol–water partition coefficient (Wildman–Crippen LogP) is 2.59. The van der Waals surface area contributed by atoms with Gasteiger partial charge in [-0.3, -0.25) is 4.79 Å². The van der Waals surface area contributed by atoms with Crippen molar-refractivity contribution in [2.45, 2.75) is 38.6 Å². The van der Waals surface area contributed by atoms with Crippen molar-refractivity contribution in [3.63, 3.8) is 0 Å². The van der Waals surface area contributed by atoms with Crippen molar-refractivity contribution in [1.29, 1.82) is 0 Å². The van der Waals surface area contributed by atoms with Crippen molar-refractivity contribution in [2.24, 2.45) is 0 Å². The highest BCUT2D eigenvalue weighted by Crippen LogP contribution is 2.15. The Morgan fingerprint density at radius 1 is 1.32 bits per heavy atom. The van der Waals surface area contributed by atoms with Gasteiger partial charge in [0.2, 0.25) is 5.91 Å². The molecule has 1 aromatic rings. The molecule has 22 heavy (non-hydrogen) atoms. The van der Waals surface area contributed by atoms with Crippen molar-refractivity contribution in [3.8, 4) is 5.75 Å². The third-order valence-electron chi connectivity index (χ3n) is 3.93. The molecule has 1 heterocycles. The third-order valence-corrected chi connectivity index (χ3v) is 3.93. The van der Waals surface area contributed by atoms with Crippen molar-refractivity contribution in [3.05, 3.63) is 30.1 Å². The first-order valence-corrected chi connectivity index (χ1v) is 8.09. The van der Waals surface area contributed by atoms with Crippen LogP contribution in [-0.4, -0.2) is 43.1 Å². The van der Waals surface area contributed by atoms with Crippen LogP contribution in [0, 0.1) is 5.82 Å². The van der Waals surface area contributed by atoms with E-state index in [9.17, 15) is 9.18 Å². The minimum Gasteiger partial charge on any atom is -0.493 e. The maximum Gasteiger partial charge on any atom is 0.226 e. The Kier molecular flexibility index (Phi) is 6.65. The van der Waals surface area contributed by atoms with Crippen LogP contribution in [0.5, 0.6) is 5.75 Å². The predicted molar refractivity (Wildman–Crippen MR) is 84.4 cm³/mol. The monoisotopic (exact) mass is 308 g/mol. The lowest BCUT2D eigenvalue weighted by molar-refractivity contribution is -0.134. The third kappa shape index (κ3) is 4.98. The number of halogens is 1. The zero-order valence-corrected chi connectivity index (χ0v) is 13.2. The largest absolute Gasteiger partial charge is 0.493 e. The summed E-state index contributed by atoms with van der Waals surface area (Å²) in [6.07, 6.45) is 3.37. The minimum absolute atomic E-state index is 0.149. The summed E-state index contributed by atoms with van der Waals surface area (Å²) in [5, 5.41) is 3.33. The molecule has 1 N–H and O–H groups in total. The van der Waals surface area contributed by atoms with Gasteiger partial charge < -0.3 is 15.0 Å².